The summed E-state index contributed by atoms with van der Waals surface area (Å²) in [5.41, 5.74) is 4.74. The summed E-state index contributed by atoms with van der Waals surface area (Å²) in [6.07, 6.45) is -6.72. The number of anilines is 1. The molecule has 0 aliphatic carbocycles. The fraction of sp³-hybridized carbons (Fsp3) is 0.700. The van der Waals surface area contributed by atoms with Gasteiger partial charge in [-0.2, -0.15) is 4.98 Å². The molecule has 1 fully saturated rings. The molecule has 1 aromatic rings. The number of aliphatic hydroxyl groups is 1. The first-order valence-electron chi connectivity index (χ1n) is 11.3. The van der Waals surface area contributed by atoms with Gasteiger partial charge in [-0.1, -0.05) is 0 Å². The molecule has 1 aliphatic heterocycles. The molecular formula is C20H32N3O14P. The normalized spacial score (nSPS) is 21.5. The minimum atomic E-state index is -4.61. The maximum atomic E-state index is 13.1. The highest BCUT2D eigenvalue weighted by molar-refractivity contribution is 7.48. The first-order valence-corrected chi connectivity index (χ1v) is 12.7. The molecule has 18 heteroatoms. The van der Waals surface area contributed by atoms with Crippen LogP contribution in [0.1, 0.15) is 33.9 Å². The molecule has 38 heavy (non-hydrogen) atoms. The largest absolute Gasteiger partial charge is 0.510 e. The summed E-state index contributed by atoms with van der Waals surface area (Å²) in [5, 5.41) is 10.7. The van der Waals surface area contributed by atoms with E-state index in [2.05, 4.69) is 14.5 Å². The van der Waals surface area contributed by atoms with E-state index in [0.717, 1.165) is 4.57 Å². The number of phosphoric acid groups is 1. The summed E-state index contributed by atoms with van der Waals surface area (Å²) in [5.74, 6) is -0.0205. The van der Waals surface area contributed by atoms with Gasteiger partial charge in [0.15, 0.2) is 6.23 Å². The summed E-state index contributed by atoms with van der Waals surface area (Å²) in [7, 11) is -3.33. The van der Waals surface area contributed by atoms with Gasteiger partial charge < -0.3 is 39.3 Å². The number of aliphatic hydroxyl groups excluding tert-OH is 1. The zero-order valence-electron chi connectivity index (χ0n) is 21.4. The summed E-state index contributed by atoms with van der Waals surface area (Å²) in [6, 6.07) is 1.35. The van der Waals surface area contributed by atoms with Gasteiger partial charge in [0, 0.05) is 13.3 Å². The molecule has 0 amide bonds. The number of aromatic nitrogens is 2. The standard InChI is InChI=1S/C20H32N3O14P/c1-11(2)35-19(26)30-9-33-38(28,34-10-31-20(27)36-12(3)4)32-8-13-15(24)16(29-5)17(37-13)23-7-6-14(21)22-18(23)25/h6-7,11-13,15-17,24H,8-10H2,1-5H3,(H2,21,22,25)/t13-,15-,16-,17?/m1/s1. The van der Waals surface area contributed by atoms with Gasteiger partial charge in [-0.3, -0.25) is 9.09 Å². The summed E-state index contributed by atoms with van der Waals surface area (Å²) in [6.45, 7) is 3.83. The third-order valence-corrected chi connectivity index (χ3v) is 5.86. The van der Waals surface area contributed by atoms with Gasteiger partial charge in [0.2, 0.25) is 13.6 Å². The SMILES string of the molecule is CO[C@H]1C(n2ccc(N)nc2=O)O[C@H](COP(=O)(OCOC(=O)OC(C)C)OCOC(=O)OC(C)C)[C@H]1O. The first kappa shape index (κ1) is 31.4. The fourth-order valence-corrected chi connectivity index (χ4v) is 3.88. The number of carbonyl (C=O) groups excluding carboxylic acids is 2. The van der Waals surface area contributed by atoms with Crippen molar-refractivity contribution in [2.75, 3.05) is 33.0 Å². The minimum Gasteiger partial charge on any atom is -0.432 e. The molecule has 1 unspecified atom stereocenters. The maximum Gasteiger partial charge on any atom is 0.510 e. The topological polar surface area (TPSA) is 215 Å². The zero-order chi connectivity index (χ0) is 28.5. The van der Waals surface area contributed by atoms with Crippen molar-refractivity contribution in [1.29, 1.82) is 0 Å². The smallest absolute Gasteiger partial charge is 0.432 e. The van der Waals surface area contributed by atoms with E-state index < -0.39 is 82.8 Å². The van der Waals surface area contributed by atoms with E-state index in [9.17, 15) is 24.1 Å². The summed E-state index contributed by atoms with van der Waals surface area (Å²) >= 11 is 0. The minimum absolute atomic E-state index is 0.0205. The molecule has 216 valence electrons. The molecule has 1 aliphatic rings. The van der Waals surface area contributed by atoms with Crippen LogP contribution in [0.25, 0.3) is 0 Å². The number of nitrogen functional groups attached to an aromatic ring is 1. The van der Waals surface area contributed by atoms with Crippen LogP contribution in [0.2, 0.25) is 0 Å². The van der Waals surface area contributed by atoms with Crippen LogP contribution < -0.4 is 11.4 Å². The van der Waals surface area contributed by atoms with Crippen molar-refractivity contribution in [3.8, 4) is 0 Å². The van der Waals surface area contributed by atoms with Crippen LogP contribution in [0.15, 0.2) is 17.1 Å². The molecule has 17 nitrogen and oxygen atoms in total. The molecule has 3 N–H and O–H groups in total. The third kappa shape index (κ3) is 9.50. The highest BCUT2D eigenvalue weighted by Crippen LogP contribution is 2.50. The van der Waals surface area contributed by atoms with Crippen molar-refractivity contribution in [2.45, 2.75) is 64.4 Å². The number of hydrogen-bond acceptors (Lipinski definition) is 16. The lowest BCUT2D eigenvalue weighted by molar-refractivity contribution is -0.0724. The number of ether oxygens (including phenoxy) is 6. The Morgan fingerprint density at radius 2 is 1.66 bits per heavy atom. The van der Waals surface area contributed by atoms with E-state index in [1.807, 2.05) is 0 Å². The molecule has 0 aromatic carbocycles. The van der Waals surface area contributed by atoms with E-state index in [1.54, 1.807) is 27.7 Å². The van der Waals surface area contributed by atoms with Crippen molar-refractivity contribution in [3.05, 3.63) is 22.7 Å². The van der Waals surface area contributed by atoms with Crippen molar-refractivity contribution in [1.82, 2.24) is 9.55 Å². The highest BCUT2D eigenvalue weighted by Gasteiger charge is 2.46. The Balaban J connectivity index is 2.07. The Bertz CT molecular complexity index is 1000. The second-order valence-corrected chi connectivity index (χ2v) is 9.83. The number of rotatable bonds is 13. The van der Waals surface area contributed by atoms with Gasteiger partial charge in [0.05, 0.1) is 18.8 Å². The van der Waals surface area contributed by atoms with Crippen molar-refractivity contribution in [3.63, 3.8) is 0 Å². The van der Waals surface area contributed by atoms with Crippen LogP contribution in [0.3, 0.4) is 0 Å². The lowest BCUT2D eigenvalue weighted by Gasteiger charge is -2.21. The number of carbonyl (C=O) groups is 2. The molecule has 0 spiro atoms. The molecule has 2 heterocycles. The molecule has 0 radical (unpaired) electrons. The predicted molar refractivity (Wildman–Crippen MR) is 124 cm³/mol. The number of phosphoric ester groups is 1. The average Bonchev–Trinajstić information content (AvgIpc) is 3.11. The zero-order valence-corrected chi connectivity index (χ0v) is 22.3. The van der Waals surface area contributed by atoms with Crippen molar-refractivity contribution < 1.29 is 61.3 Å². The lowest BCUT2D eigenvalue weighted by Crippen LogP contribution is -2.37. The van der Waals surface area contributed by atoms with E-state index in [1.165, 1.54) is 19.4 Å². The molecule has 1 aromatic heterocycles. The Morgan fingerprint density at radius 1 is 1.11 bits per heavy atom. The Kier molecular flexibility index (Phi) is 11.9. The molecule has 1 saturated heterocycles. The van der Waals surface area contributed by atoms with E-state index in [-0.39, 0.29) is 5.82 Å². The molecule has 2 rings (SSSR count). The van der Waals surface area contributed by atoms with Crippen LogP contribution in [-0.2, 0) is 46.6 Å². The van der Waals surface area contributed by atoms with Gasteiger partial charge in [-0.05, 0) is 33.8 Å². The number of methoxy groups -OCH3 is 1. The van der Waals surface area contributed by atoms with Crippen LogP contribution in [-0.4, -0.2) is 84.8 Å². The van der Waals surface area contributed by atoms with Gasteiger partial charge in [0.1, 0.15) is 24.1 Å². The molecule has 0 saturated carbocycles. The van der Waals surface area contributed by atoms with Gasteiger partial charge in [-0.15, -0.1) is 0 Å². The monoisotopic (exact) mass is 569 g/mol. The summed E-state index contributed by atoms with van der Waals surface area (Å²) in [4.78, 5) is 38.9. The predicted octanol–water partition coefficient (Wildman–Crippen LogP) is 1.29. The lowest BCUT2D eigenvalue weighted by atomic mass is 10.1. The van der Waals surface area contributed by atoms with Crippen LogP contribution >= 0.6 is 7.82 Å². The van der Waals surface area contributed by atoms with Gasteiger partial charge in [-0.25, -0.2) is 28.0 Å². The summed E-state index contributed by atoms with van der Waals surface area (Å²) < 4.78 is 59.0. The number of nitrogens with two attached hydrogens (primary N) is 1. The maximum absolute atomic E-state index is 13.1. The van der Waals surface area contributed by atoms with Gasteiger partial charge in [0.25, 0.3) is 0 Å². The second kappa shape index (κ2) is 14.4. The van der Waals surface area contributed by atoms with Crippen molar-refractivity contribution >= 4 is 26.0 Å². The quantitative estimate of drug-likeness (QED) is 0.194. The highest BCUT2D eigenvalue weighted by atomic mass is 31.2. The van der Waals surface area contributed by atoms with E-state index >= 15 is 0 Å². The van der Waals surface area contributed by atoms with Crippen LogP contribution in [0.5, 0.6) is 0 Å². The second-order valence-electron chi connectivity index (χ2n) is 8.16. The van der Waals surface area contributed by atoms with E-state index in [4.69, 9.17) is 38.3 Å². The Hall–Kier alpha value is -2.79. The fourth-order valence-electron chi connectivity index (χ4n) is 2.96. The van der Waals surface area contributed by atoms with E-state index in [0.29, 0.717) is 0 Å². The van der Waals surface area contributed by atoms with Crippen molar-refractivity contribution in [2.24, 2.45) is 0 Å². The molecule has 0 bridgehead atoms. The van der Waals surface area contributed by atoms with Crippen LogP contribution in [0, 0.1) is 0 Å². The number of nitrogens with zero attached hydrogens (tertiary/aromatic N) is 2. The first-order chi connectivity index (χ1) is 17.8. The molecule has 4 atom stereocenters. The Labute approximate surface area is 217 Å². The average molecular weight is 569 g/mol. The third-order valence-electron chi connectivity index (χ3n) is 4.55. The van der Waals surface area contributed by atoms with Crippen LogP contribution in [0.4, 0.5) is 15.4 Å². The Morgan fingerprint density at radius 3 is 2.13 bits per heavy atom. The number of hydrogen-bond donors (Lipinski definition) is 2. The molecular weight excluding hydrogens is 537 g/mol. The van der Waals surface area contributed by atoms with Gasteiger partial charge >= 0.3 is 25.8 Å².